The quantitative estimate of drug-likeness (QED) is 0.487. The smallest absolute Gasteiger partial charge is 0.0634 e. The maximum absolute atomic E-state index is 3.45. The molecule has 0 rings (SSSR count). The van der Waals surface area contributed by atoms with Crippen LogP contribution in [0.3, 0.4) is 0 Å². The van der Waals surface area contributed by atoms with Gasteiger partial charge in [-0.1, -0.05) is 51.0 Å². The van der Waals surface area contributed by atoms with Gasteiger partial charge in [-0.05, 0) is 28.8 Å². The first-order valence-corrected chi connectivity index (χ1v) is 5.95. The molecule has 0 unspecified atom stereocenters. The van der Waals surface area contributed by atoms with Crippen LogP contribution >= 0.6 is 15.9 Å². The average Bonchev–Trinajstić information content (AvgIpc) is 2.13. The lowest BCUT2D eigenvalue weighted by Gasteiger charge is -1.89. The molecule has 0 nitrogen and oxygen atoms in total. The van der Waals surface area contributed by atoms with Crippen molar-refractivity contribution in [2.75, 3.05) is 0 Å². The van der Waals surface area contributed by atoms with Gasteiger partial charge < -0.3 is 0 Å². The van der Waals surface area contributed by atoms with E-state index in [1.54, 1.807) is 0 Å². The van der Waals surface area contributed by atoms with E-state index in [4.69, 9.17) is 0 Å². The summed E-state index contributed by atoms with van der Waals surface area (Å²) in [6.07, 6.45) is 9.27. The Morgan fingerprint density at radius 2 is 1.92 bits per heavy atom. The van der Waals surface area contributed by atoms with E-state index < -0.39 is 0 Å². The highest BCUT2D eigenvalue weighted by Gasteiger charge is 1.84. The largest absolute Gasteiger partial charge is 0.0974 e. The third-order valence-electron chi connectivity index (χ3n) is 1.74. The van der Waals surface area contributed by atoms with Crippen LogP contribution in [0.25, 0.3) is 0 Å². The van der Waals surface area contributed by atoms with Gasteiger partial charge in [-0.2, -0.15) is 0 Å². The minimum Gasteiger partial charge on any atom is -0.0974 e. The summed E-state index contributed by atoms with van der Waals surface area (Å²) < 4.78 is 1.05. The number of unbranched alkanes of at least 4 members (excludes halogenated alkanes) is 4. The summed E-state index contributed by atoms with van der Waals surface area (Å²) in [7, 11) is 0. The number of allylic oxidation sites excluding steroid dienone is 2. The van der Waals surface area contributed by atoms with Gasteiger partial charge in [-0.15, -0.1) is 0 Å². The molecule has 0 atom stereocenters. The molecule has 0 amide bonds. The molecule has 0 fully saturated rings. The maximum Gasteiger partial charge on any atom is 0.0634 e. The van der Waals surface area contributed by atoms with E-state index in [9.17, 15) is 0 Å². The molecular formula is C12H19Br. The number of halogens is 1. The highest BCUT2D eigenvalue weighted by molar-refractivity contribution is 9.12. The van der Waals surface area contributed by atoms with Gasteiger partial charge in [0.05, 0.1) is 4.48 Å². The van der Waals surface area contributed by atoms with Crippen LogP contribution in [0.2, 0.25) is 0 Å². The summed E-state index contributed by atoms with van der Waals surface area (Å²) in [6.45, 7) is 4.39. The third kappa shape index (κ3) is 9.70. The van der Waals surface area contributed by atoms with Gasteiger partial charge in [0, 0.05) is 6.42 Å². The Morgan fingerprint density at radius 3 is 2.54 bits per heavy atom. The van der Waals surface area contributed by atoms with Crippen LogP contribution in [0.15, 0.2) is 10.6 Å². The zero-order valence-electron chi connectivity index (χ0n) is 8.70. The third-order valence-corrected chi connectivity index (χ3v) is 2.27. The second-order valence-corrected chi connectivity index (χ2v) is 3.95. The van der Waals surface area contributed by atoms with Crippen molar-refractivity contribution in [2.45, 2.75) is 52.4 Å². The molecule has 0 aliphatic rings. The van der Waals surface area contributed by atoms with Crippen molar-refractivity contribution in [3.8, 4) is 11.8 Å². The molecule has 0 aliphatic heterocycles. The molecule has 0 radical (unpaired) electrons. The van der Waals surface area contributed by atoms with E-state index in [0.717, 1.165) is 17.3 Å². The van der Waals surface area contributed by atoms with Crippen LogP contribution in [-0.2, 0) is 0 Å². The van der Waals surface area contributed by atoms with Crippen LogP contribution in [0.5, 0.6) is 0 Å². The summed E-state index contributed by atoms with van der Waals surface area (Å²) >= 11 is 3.45. The molecule has 0 heterocycles. The van der Waals surface area contributed by atoms with Gasteiger partial charge in [0.2, 0.25) is 0 Å². The second-order valence-electron chi connectivity index (χ2n) is 3.10. The number of rotatable bonds is 5. The summed E-state index contributed by atoms with van der Waals surface area (Å²) in [6, 6.07) is 0. The molecule has 74 valence electrons. The van der Waals surface area contributed by atoms with E-state index in [2.05, 4.69) is 47.7 Å². The molecule has 0 aromatic heterocycles. The lowest BCUT2D eigenvalue weighted by Crippen LogP contribution is -1.71. The summed E-state index contributed by atoms with van der Waals surface area (Å²) in [5, 5.41) is 0. The Balaban J connectivity index is 3.61. The fourth-order valence-corrected chi connectivity index (χ4v) is 1.27. The van der Waals surface area contributed by atoms with E-state index in [-0.39, 0.29) is 0 Å². The monoisotopic (exact) mass is 242 g/mol. The molecule has 1 heteroatoms. The summed E-state index contributed by atoms with van der Waals surface area (Å²) in [5.41, 5.74) is 0. The molecular weight excluding hydrogens is 224 g/mol. The SMILES string of the molecule is CCCCC#C/C(Br)=C\CCCC. The fourth-order valence-electron chi connectivity index (χ4n) is 0.896. The van der Waals surface area contributed by atoms with E-state index >= 15 is 0 Å². The molecule has 0 N–H and O–H groups in total. The van der Waals surface area contributed by atoms with Crippen molar-refractivity contribution >= 4 is 15.9 Å². The lowest BCUT2D eigenvalue weighted by atomic mass is 10.2. The van der Waals surface area contributed by atoms with Crippen molar-refractivity contribution in [3.05, 3.63) is 10.6 Å². The molecule has 0 aliphatic carbocycles. The number of hydrogen-bond acceptors (Lipinski definition) is 0. The molecule has 0 aromatic rings. The van der Waals surface area contributed by atoms with Crippen molar-refractivity contribution in [1.82, 2.24) is 0 Å². The highest BCUT2D eigenvalue weighted by Crippen LogP contribution is 2.07. The van der Waals surface area contributed by atoms with Gasteiger partial charge in [0.1, 0.15) is 0 Å². The molecule has 0 spiro atoms. The van der Waals surface area contributed by atoms with Gasteiger partial charge in [0.15, 0.2) is 0 Å². The van der Waals surface area contributed by atoms with Gasteiger partial charge in [-0.25, -0.2) is 0 Å². The van der Waals surface area contributed by atoms with E-state index in [1.807, 2.05) is 0 Å². The Bertz CT molecular complexity index is 193. The van der Waals surface area contributed by atoms with Crippen molar-refractivity contribution in [1.29, 1.82) is 0 Å². The van der Waals surface area contributed by atoms with Crippen LogP contribution in [0, 0.1) is 11.8 Å². The zero-order chi connectivity index (χ0) is 9.94. The predicted octanol–water partition coefficient (Wildman–Crippen LogP) is 4.65. The van der Waals surface area contributed by atoms with Crippen LogP contribution in [0.4, 0.5) is 0 Å². The van der Waals surface area contributed by atoms with Crippen LogP contribution in [-0.4, -0.2) is 0 Å². The molecule has 0 saturated carbocycles. The van der Waals surface area contributed by atoms with Gasteiger partial charge >= 0.3 is 0 Å². The molecule has 0 bridgehead atoms. The minimum absolute atomic E-state index is 1.02. The second kappa shape index (κ2) is 9.86. The topological polar surface area (TPSA) is 0 Å². The maximum atomic E-state index is 3.45. The Kier molecular flexibility index (Phi) is 9.70. The molecule has 0 saturated heterocycles. The highest BCUT2D eigenvalue weighted by atomic mass is 79.9. The van der Waals surface area contributed by atoms with Gasteiger partial charge in [-0.3, -0.25) is 0 Å². The molecule has 13 heavy (non-hydrogen) atoms. The van der Waals surface area contributed by atoms with Crippen molar-refractivity contribution in [3.63, 3.8) is 0 Å². The van der Waals surface area contributed by atoms with Gasteiger partial charge in [0.25, 0.3) is 0 Å². The first kappa shape index (κ1) is 12.8. The summed E-state index contributed by atoms with van der Waals surface area (Å²) in [4.78, 5) is 0. The number of hydrogen-bond donors (Lipinski definition) is 0. The minimum atomic E-state index is 1.02. The van der Waals surface area contributed by atoms with E-state index in [1.165, 1.54) is 25.7 Å². The predicted molar refractivity (Wildman–Crippen MR) is 63.8 cm³/mol. The standard InChI is InChI=1S/C12H19Br/c1-3-5-7-9-11-12(13)10-8-6-4-2/h10H,3-8H2,1-2H3/b12-10+. The lowest BCUT2D eigenvalue weighted by molar-refractivity contribution is 0.814. The van der Waals surface area contributed by atoms with Crippen LogP contribution < -0.4 is 0 Å². The Morgan fingerprint density at radius 1 is 1.23 bits per heavy atom. The van der Waals surface area contributed by atoms with Crippen molar-refractivity contribution in [2.24, 2.45) is 0 Å². The first-order chi connectivity index (χ1) is 6.31. The van der Waals surface area contributed by atoms with Crippen molar-refractivity contribution < 1.29 is 0 Å². The Hall–Kier alpha value is -0.220. The fraction of sp³-hybridized carbons (Fsp3) is 0.667. The van der Waals surface area contributed by atoms with Crippen LogP contribution in [0.1, 0.15) is 52.4 Å². The normalized spacial score (nSPS) is 10.8. The average molecular weight is 243 g/mol. The zero-order valence-corrected chi connectivity index (χ0v) is 10.3. The molecule has 0 aromatic carbocycles. The summed E-state index contributed by atoms with van der Waals surface area (Å²) in [5.74, 6) is 6.25. The first-order valence-electron chi connectivity index (χ1n) is 5.15. The van der Waals surface area contributed by atoms with E-state index in [0.29, 0.717) is 0 Å². The Labute approximate surface area is 90.9 Å².